The molecule has 4 nitrogen and oxygen atoms in total. The fraction of sp³-hybridized carbons (Fsp3) is 0.615. The molecule has 0 radical (unpaired) electrons. The number of carbonyl (C=O) groups is 1. The molecule has 2 heterocycles. The zero-order chi connectivity index (χ0) is 13.0. The van der Waals surface area contributed by atoms with E-state index >= 15 is 0 Å². The number of rotatable bonds is 2. The van der Waals surface area contributed by atoms with Gasteiger partial charge in [-0.3, -0.25) is 9.78 Å². The number of likely N-dealkylation sites (tertiary alicyclic amines) is 1. The van der Waals surface area contributed by atoms with Crippen LogP contribution in [0.2, 0.25) is 5.15 Å². The van der Waals surface area contributed by atoms with Crippen LogP contribution in [0.3, 0.4) is 0 Å². The van der Waals surface area contributed by atoms with Crippen molar-refractivity contribution in [3.8, 4) is 0 Å². The number of amides is 1. The normalized spacial score (nSPS) is 20.6. The van der Waals surface area contributed by atoms with Gasteiger partial charge in [-0.2, -0.15) is 0 Å². The molecule has 1 aliphatic rings. The fourth-order valence-electron chi connectivity index (χ4n) is 2.46. The Labute approximate surface area is 112 Å². The minimum absolute atomic E-state index is 0.179. The van der Waals surface area contributed by atoms with Gasteiger partial charge in [0.1, 0.15) is 5.15 Å². The molecule has 18 heavy (non-hydrogen) atoms. The highest BCUT2D eigenvalue weighted by atomic mass is 35.5. The lowest BCUT2D eigenvalue weighted by Gasteiger charge is -2.18. The van der Waals surface area contributed by atoms with Crippen LogP contribution in [-0.4, -0.2) is 33.9 Å². The van der Waals surface area contributed by atoms with Crippen molar-refractivity contribution in [2.45, 2.75) is 32.6 Å². The quantitative estimate of drug-likeness (QED) is 0.826. The van der Waals surface area contributed by atoms with Gasteiger partial charge in [0.25, 0.3) is 0 Å². The minimum atomic E-state index is 0.179. The lowest BCUT2D eigenvalue weighted by molar-refractivity contribution is -0.128. The van der Waals surface area contributed by atoms with E-state index in [4.69, 9.17) is 11.6 Å². The van der Waals surface area contributed by atoms with Gasteiger partial charge in [0, 0.05) is 26.2 Å². The Morgan fingerprint density at radius 2 is 2.28 bits per heavy atom. The second-order valence-electron chi connectivity index (χ2n) is 4.84. The molecule has 0 unspecified atom stereocenters. The monoisotopic (exact) mass is 267 g/mol. The second-order valence-corrected chi connectivity index (χ2v) is 5.23. The summed E-state index contributed by atoms with van der Waals surface area (Å²) in [5, 5.41) is 0.450. The molecule has 2 rings (SSSR count). The Hall–Kier alpha value is -1.16. The molecule has 0 bridgehead atoms. The average Bonchev–Trinajstić information content (AvgIpc) is 2.55. The largest absolute Gasteiger partial charge is 0.343 e. The van der Waals surface area contributed by atoms with E-state index in [0.717, 1.165) is 44.5 Å². The molecule has 98 valence electrons. The van der Waals surface area contributed by atoms with Gasteiger partial charge in [-0.1, -0.05) is 11.6 Å². The van der Waals surface area contributed by atoms with Crippen LogP contribution >= 0.6 is 11.6 Å². The first-order valence-corrected chi connectivity index (χ1v) is 6.75. The minimum Gasteiger partial charge on any atom is -0.343 e. The van der Waals surface area contributed by atoms with Gasteiger partial charge < -0.3 is 4.90 Å². The fourth-order valence-corrected chi connectivity index (χ4v) is 2.62. The Bertz CT molecular complexity index is 424. The van der Waals surface area contributed by atoms with Crippen LogP contribution in [0.5, 0.6) is 0 Å². The number of hydrogen-bond acceptors (Lipinski definition) is 3. The number of hydrogen-bond donors (Lipinski definition) is 0. The molecule has 1 aliphatic heterocycles. The smallest absolute Gasteiger partial charge is 0.219 e. The molecule has 5 heteroatoms. The molecule has 0 aromatic carbocycles. The van der Waals surface area contributed by atoms with E-state index in [-0.39, 0.29) is 5.91 Å². The van der Waals surface area contributed by atoms with Gasteiger partial charge >= 0.3 is 0 Å². The van der Waals surface area contributed by atoms with E-state index in [9.17, 15) is 4.79 Å². The molecule has 1 fully saturated rings. The van der Waals surface area contributed by atoms with Crippen LogP contribution in [0.25, 0.3) is 0 Å². The van der Waals surface area contributed by atoms with Crippen LogP contribution in [0.4, 0.5) is 0 Å². The van der Waals surface area contributed by atoms with Crippen LogP contribution in [0, 0.1) is 5.92 Å². The third-order valence-electron chi connectivity index (χ3n) is 3.45. The predicted molar refractivity (Wildman–Crippen MR) is 70.3 cm³/mol. The molecule has 0 saturated carbocycles. The zero-order valence-electron chi connectivity index (χ0n) is 10.6. The van der Waals surface area contributed by atoms with Crippen molar-refractivity contribution in [1.82, 2.24) is 14.9 Å². The lowest BCUT2D eigenvalue weighted by Crippen LogP contribution is -2.29. The van der Waals surface area contributed by atoms with Crippen LogP contribution in [-0.2, 0) is 11.2 Å². The molecule has 1 saturated heterocycles. The lowest BCUT2D eigenvalue weighted by atomic mass is 9.95. The first-order valence-electron chi connectivity index (χ1n) is 6.37. The SMILES string of the molecule is CC(=O)N1CCC[C@H](Cc2cncc(Cl)n2)CC1. The molecule has 1 aromatic rings. The van der Waals surface area contributed by atoms with Crippen LogP contribution < -0.4 is 0 Å². The van der Waals surface area contributed by atoms with Crippen molar-refractivity contribution in [2.75, 3.05) is 13.1 Å². The first-order chi connectivity index (χ1) is 8.65. The second kappa shape index (κ2) is 6.14. The standard InChI is InChI=1S/C13H18ClN3O/c1-10(18)17-5-2-3-11(4-6-17)7-12-8-15-9-13(14)16-12/h8-9,11H,2-7H2,1H3/t11-/m0/s1. The zero-order valence-corrected chi connectivity index (χ0v) is 11.4. The summed E-state index contributed by atoms with van der Waals surface area (Å²) in [7, 11) is 0. The van der Waals surface area contributed by atoms with Gasteiger partial charge in [0.2, 0.25) is 5.91 Å². The number of nitrogens with zero attached hydrogens (tertiary/aromatic N) is 3. The molecule has 0 aliphatic carbocycles. The molecular formula is C13H18ClN3O. The third kappa shape index (κ3) is 3.67. The number of halogens is 1. The molecule has 0 spiro atoms. The van der Waals surface area contributed by atoms with Crippen molar-refractivity contribution >= 4 is 17.5 Å². The maximum atomic E-state index is 11.3. The van der Waals surface area contributed by atoms with Crippen molar-refractivity contribution in [1.29, 1.82) is 0 Å². The van der Waals surface area contributed by atoms with Crippen molar-refractivity contribution in [2.24, 2.45) is 5.92 Å². The molecule has 1 amide bonds. The van der Waals surface area contributed by atoms with Gasteiger partial charge in [-0.15, -0.1) is 0 Å². The Morgan fingerprint density at radius 1 is 1.44 bits per heavy atom. The van der Waals surface area contributed by atoms with E-state index in [0.29, 0.717) is 11.1 Å². The average molecular weight is 268 g/mol. The van der Waals surface area contributed by atoms with Gasteiger partial charge in [-0.05, 0) is 31.6 Å². The summed E-state index contributed by atoms with van der Waals surface area (Å²) in [4.78, 5) is 21.6. The predicted octanol–water partition coefficient (Wildman–Crippen LogP) is 2.32. The summed E-state index contributed by atoms with van der Waals surface area (Å²) >= 11 is 5.83. The Kier molecular flexibility index (Phi) is 4.53. The maximum absolute atomic E-state index is 11.3. The van der Waals surface area contributed by atoms with Crippen LogP contribution in [0.15, 0.2) is 12.4 Å². The summed E-state index contributed by atoms with van der Waals surface area (Å²) in [6, 6.07) is 0. The van der Waals surface area contributed by atoms with Crippen LogP contribution in [0.1, 0.15) is 31.9 Å². The van der Waals surface area contributed by atoms with Crippen molar-refractivity contribution < 1.29 is 4.79 Å². The summed E-state index contributed by atoms with van der Waals surface area (Å²) in [6.07, 6.45) is 7.47. The van der Waals surface area contributed by atoms with E-state index in [1.54, 1.807) is 19.3 Å². The molecule has 1 aromatic heterocycles. The molecular weight excluding hydrogens is 250 g/mol. The molecule has 0 N–H and O–H groups in total. The highest BCUT2D eigenvalue weighted by Gasteiger charge is 2.19. The first kappa shape index (κ1) is 13.3. The highest BCUT2D eigenvalue weighted by Crippen LogP contribution is 2.21. The summed E-state index contributed by atoms with van der Waals surface area (Å²) in [5.74, 6) is 0.750. The van der Waals surface area contributed by atoms with E-state index < -0.39 is 0 Å². The Morgan fingerprint density at radius 3 is 3.00 bits per heavy atom. The maximum Gasteiger partial charge on any atom is 0.219 e. The van der Waals surface area contributed by atoms with E-state index in [2.05, 4.69) is 9.97 Å². The van der Waals surface area contributed by atoms with E-state index in [1.807, 2.05) is 4.90 Å². The van der Waals surface area contributed by atoms with Gasteiger partial charge in [-0.25, -0.2) is 4.98 Å². The summed E-state index contributed by atoms with van der Waals surface area (Å²) in [5.41, 5.74) is 0.948. The summed E-state index contributed by atoms with van der Waals surface area (Å²) < 4.78 is 0. The number of aromatic nitrogens is 2. The summed E-state index contributed by atoms with van der Waals surface area (Å²) in [6.45, 7) is 3.38. The van der Waals surface area contributed by atoms with E-state index in [1.165, 1.54) is 0 Å². The number of carbonyl (C=O) groups excluding carboxylic acids is 1. The van der Waals surface area contributed by atoms with Gasteiger partial charge in [0.05, 0.1) is 11.9 Å². The highest BCUT2D eigenvalue weighted by molar-refractivity contribution is 6.29. The van der Waals surface area contributed by atoms with Gasteiger partial charge in [0.15, 0.2) is 0 Å². The molecule has 1 atom stereocenters. The Balaban J connectivity index is 1.92. The topological polar surface area (TPSA) is 46.1 Å². The third-order valence-corrected chi connectivity index (χ3v) is 3.63. The van der Waals surface area contributed by atoms with Crippen molar-refractivity contribution in [3.63, 3.8) is 0 Å². The van der Waals surface area contributed by atoms with Crippen molar-refractivity contribution in [3.05, 3.63) is 23.2 Å².